The standard InChI is InChI=1S/C26H35N5O2.HI/c1-4-26(5-2,22-9-7-6-8-10-22)19-30-25(27-3)29-17-20-11-13-21(14-12-20)24(33)31-16-15-28-23(32)18-31;/h6-14H,4-5,15-19H2,1-3H3,(H,28,32)(H2,27,29,30);1H. The SMILES string of the molecule is CCC(CC)(CNC(=NC)NCc1ccc(C(=O)N2CCNC(=O)C2)cc1)c1ccccc1.I. The monoisotopic (exact) mass is 577 g/mol. The Morgan fingerprint density at radius 2 is 1.74 bits per heavy atom. The fourth-order valence-corrected chi connectivity index (χ4v) is 4.22. The first kappa shape index (κ1) is 27.6. The van der Waals surface area contributed by atoms with E-state index in [0.29, 0.717) is 25.2 Å². The lowest BCUT2D eigenvalue weighted by molar-refractivity contribution is -0.123. The number of benzene rings is 2. The summed E-state index contributed by atoms with van der Waals surface area (Å²) in [5.41, 5.74) is 3.02. The minimum Gasteiger partial charge on any atom is -0.356 e. The van der Waals surface area contributed by atoms with Crippen molar-refractivity contribution in [3.8, 4) is 0 Å². The van der Waals surface area contributed by atoms with Crippen LogP contribution in [0.4, 0.5) is 0 Å². The lowest BCUT2D eigenvalue weighted by Gasteiger charge is -2.33. The van der Waals surface area contributed by atoms with Crippen molar-refractivity contribution in [1.82, 2.24) is 20.9 Å². The number of nitrogens with one attached hydrogen (secondary N) is 3. The van der Waals surface area contributed by atoms with Gasteiger partial charge in [-0.3, -0.25) is 14.6 Å². The topological polar surface area (TPSA) is 85.8 Å². The molecule has 0 aliphatic carbocycles. The fourth-order valence-electron chi connectivity index (χ4n) is 4.22. The zero-order chi connectivity index (χ0) is 23.7. The highest BCUT2D eigenvalue weighted by Gasteiger charge is 2.28. The Kier molecular flexibility index (Phi) is 10.8. The normalized spacial score (nSPS) is 14.1. The van der Waals surface area contributed by atoms with E-state index in [2.05, 4.69) is 65.1 Å². The second kappa shape index (κ2) is 13.3. The van der Waals surface area contributed by atoms with Crippen molar-refractivity contribution in [3.05, 3.63) is 71.3 Å². The number of carbonyl (C=O) groups excluding carboxylic acids is 2. The lowest BCUT2D eigenvalue weighted by atomic mass is 9.76. The summed E-state index contributed by atoms with van der Waals surface area (Å²) in [5, 5.41) is 9.60. The van der Waals surface area contributed by atoms with Crippen LogP contribution in [0.5, 0.6) is 0 Å². The van der Waals surface area contributed by atoms with Crippen molar-refractivity contribution in [2.45, 2.75) is 38.6 Å². The number of hydrogen-bond acceptors (Lipinski definition) is 3. The molecule has 1 heterocycles. The van der Waals surface area contributed by atoms with Gasteiger partial charge in [-0.15, -0.1) is 24.0 Å². The number of nitrogens with zero attached hydrogens (tertiary/aromatic N) is 2. The number of halogens is 1. The van der Waals surface area contributed by atoms with Crippen LogP contribution >= 0.6 is 24.0 Å². The summed E-state index contributed by atoms with van der Waals surface area (Å²) in [6.45, 7) is 7.00. The number of amides is 2. The Labute approximate surface area is 219 Å². The van der Waals surface area contributed by atoms with Gasteiger partial charge in [-0.1, -0.05) is 56.3 Å². The van der Waals surface area contributed by atoms with Crippen molar-refractivity contribution < 1.29 is 9.59 Å². The number of aliphatic imine (C=N–C) groups is 1. The van der Waals surface area contributed by atoms with E-state index >= 15 is 0 Å². The average molecular weight is 578 g/mol. The van der Waals surface area contributed by atoms with Gasteiger partial charge in [0.2, 0.25) is 5.91 Å². The molecular weight excluding hydrogens is 541 g/mol. The van der Waals surface area contributed by atoms with Crippen LogP contribution in [0.3, 0.4) is 0 Å². The molecule has 2 aromatic rings. The summed E-state index contributed by atoms with van der Waals surface area (Å²) in [6.07, 6.45) is 2.07. The van der Waals surface area contributed by atoms with Gasteiger partial charge >= 0.3 is 0 Å². The van der Waals surface area contributed by atoms with E-state index < -0.39 is 0 Å². The van der Waals surface area contributed by atoms with E-state index in [1.807, 2.05) is 24.3 Å². The maximum atomic E-state index is 12.6. The average Bonchev–Trinajstić information content (AvgIpc) is 2.87. The number of carbonyl (C=O) groups is 2. The smallest absolute Gasteiger partial charge is 0.254 e. The highest BCUT2D eigenvalue weighted by atomic mass is 127. The predicted molar refractivity (Wildman–Crippen MR) is 148 cm³/mol. The lowest BCUT2D eigenvalue weighted by Crippen LogP contribution is -2.49. The summed E-state index contributed by atoms with van der Waals surface area (Å²) < 4.78 is 0. The van der Waals surface area contributed by atoms with E-state index in [-0.39, 0.29) is 47.8 Å². The molecule has 0 saturated carbocycles. The molecule has 3 rings (SSSR count). The Balaban J connectivity index is 0.00000408. The first-order valence-corrected chi connectivity index (χ1v) is 11.7. The van der Waals surface area contributed by atoms with Crippen molar-refractivity contribution in [2.24, 2.45) is 4.99 Å². The number of piperazine rings is 1. The first-order valence-electron chi connectivity index (χ1n) is 11.7. The first-order chi connectivity index (χ1) is 16.0. The molecular formula is C26H36IN5O2. The molecule has 0 radical (unpaired) electrons. The van der Waals surface area contributed by atoms with Gasteiger partial charge in [-0.2, -0.15) is 0 Å². The van der Waals surface area contributed by atoms with Gasteiger partial charge in [0.1, 0.15) is 0 Å². The summed E-state index contributed by atoms with van der Waals surface area (Å²) >= 11 is 0. The van der Waals surface area contributed by atoms with Gasteiger partial charge in [-0.05, 0) is 36.1 Å². The number of rotatable bonds is 8. The molecule has 2 aromatic carbocycles. The molecule has 7 nitrogen and oxygen atoms in total. The van der Waals surface area contributed by atoms with E-state index in [0.717, 1.165) is 30.9 Å². The van der Waals surface area contributed by atoms with Crippen molar-refractivity contribution in [2.75, 3.05) is 33.2 Å². The summed E-state index contributed by atoms with van der Waals surface area (Å²) in [5.74, 6) is 0.520. The van der Waals surface area contributed by atoms with Gasteiger partial charge in [-0.25, -0.2) is 0 Å². The van der Waals surface area contributed by atoms with Gasteiger partial charge in [0, 0.05) is 44.2 Å². The minimum absolute atomic E-state index is 0. The Morgan fingerprint density at radius 3 is 2.32 bits per heavy atom. The van der Waals surface area contributed by atoms with Crippen molar-refractivity contribution in [3.63, 3.8) is 0 Å². The Bertz CT molecular complexity index is 959. The molecule has 0 bridgehead atoms. The number of hydrogen-bond donors (Lipinski definition) is 3. The Hall–Kier alpha value is -2.62. The van der Waals surface area contributed by atoms with E-state index in [1.54, 1.807) is 11.9 Å². The van der Waals surface area contributed by atoms with Gasteiger partial charge in [0.05, 0.1) is 6.54 Å². The molecule has 0 aromatic heterocycles. The highest BCUT2D eigenvalue weighted by molar-refractivity contribution is 14.0. The molecule has 2 amide bonds. The second-order valence-electron chi connectivity index (χ2n) is 8.41. The van der Waals surface area contributed by atoms with Crippen LogP contribution in [0.25, 0.3) is 0 Å². The fraction of sp³-hybridized carbons (Fsp3) is 0.423. The second-order valence-corrected chi connectivity index (χ2v) is 8.41. The maximum absolute atomic E-state index is 12.6. The maximum Gasteiger partial charge on any atom is 0.254 e. The molecule has 184 valence electrons. The molecule has 8 heteroatoms. The van der Waals surface area contributed by atoms with Crippen LogP contribution in [0.15, 0.2) is 59.6 Å². The molecule has 1 aliphatic heterocycles. The third-order valence-corrected chi connectivity index (χ3v) is 6.54. The van der Waals surface area contributed by atoms with Crippen LogP contribution in [-0.2, 0) is 16.8 Å². The van der Waals surface area contributed by atoms with Crippen molar-refractivity contribution >= 4 is 41.8 Å². The highest BCUT2D eigenvalue weighted by Crippen LogP contribution is 2.30. The third-order valence-electron chi connectivity index (χ3n) is 6.54. The quantitative estimate of drug-likeness (QED) is 0.256. The van der Waals surface area contributed by atoms with Crippen LogP contribution in [0.2, 0.25) is 0 Å². The van der Waals surface area contributed by atoms with Gasteiger partial charge in [0.25, 0.3) is 5.91 Å². The van der Waals surface area contributed by atoms with E-state index in [9.17, 15) is 9.59 Å². The van der Waals surface area contributed by atoms with Crippen LogP contribution in [0, 0.1) is 0 Å². The molecule has 0 spiro atoms. The largest absolute Gasteiger partial charge is 0.356 e. The molecule has 1 saturated heterocycles. The van der Waals surface area contributed by atoms with Crippen LogP contribution in [-0.4, -0.2) is 55.9 Å². The van der Waals surface area contributed by atoms with Gasteiger partial charge in [0.15, 0.2) is 5.96 Å². The Morgan fingerprint density at radius 1 is 1.06 bits per heavy atom. The van der Waals surface area contributed by atoms with E-state index in [1.165, 1.54) is 5.56 Å². The third kappa shape index (κ3) is 6.94. The minimum atomic E-state index is -0.114. The zero-order valence-electron chi connectivity index (χ0n) is 20.3. The molecule has 1 fully saturated rings. The molecule has 1 aliphatic rings. The summed E-state index contributed by atoms with van der Waals surface area (Å²) in [7, 11) is 1.77. The molecule has 0 atom stereocenters. The molecule has 34 heavy (non-hydrogen) atoms. The summed E-state index contributed by atoms with van der Waals surface area (Å²) in [6, 6.07) is 18.1. The molecule has 3 N–H and O–H groups in total. The van der Waals surface area contributed by atoms with Crippen LogP contribution < -0.4 is 16.0 Å². The summed E-state index contributed by atoms with van der Waals surface area (Å²) in [4.78, 5) is 30.1. The van der Waals surface area contributed by atoms with E-state index in [4.69, 9.17) is 0 Å². The van der Waals surface area contributed by atoms with Gasteiger partial charge < -0.3 is 20.9 Å². The predicted octanol–water partition coefficient (Wildman–Crippen LogP) is 3.30. The number of guanidine groups is 1. The van der Waals surface area contributed by atoms with Crippen LogP contribution in [0.1, 0.15) is 48.2 Å². The molecule has 0 unspecified atom stereocenters. The van der Waals surface area contributed by atoms with Crippen molar-refractivity contribution in [1.29, 1.82) is 0 Å². The zero-order valence-corrected chi connectivity index (χ0v) is 22.6.